The number of thiazole rings is 1. The predicted octanol–water partition coefficient (Wildman–Crippen LogP) is 3.07. The number of aromatic nitrogens is 1. The molecule has 5 nitrogen and oxygen atoms in total. The van der Waals surface area contributed by atoms with Crippen molar-refractivity contribution in [2.24, 2.45) is 0 Å². The van der Waals surface area contributed by atoms with Crippen LogP contribution in [0.25, 0.3) is 10.4 Å². The van der Waals surface area contributed by atoms with Gasteiger partial charge in [0, 0.05) is 6.42 Å². The highest BCUT2D eigenvalue weighted by atomic mass is 32.1. The van der Waals surface area contributed by atoms with E-state index in [0.717, 1.165) is 27.6 Å². The maximum atomic E-state index is 11.8. The number of methoxy groups -OCH3 is 1. The first-order valence-electron chi connectivity index (χ1n) is 6.65. The first-order chi connectivity index (χ1) is 10.2. The molecular formula is C15H15NO4S. The first-order valence-corrected chi connectivity index (χ1v) is 7.46. The summed E-state index contributed by atoms with van der Waals surface area (Å²) in [5.41, 5.74) is 1.22. The molecule has 0 bridgehead atoms. The second-order valence-corrected chi connectivity index (χ2v) is 5.82. The lowest BCUT2D eigenvalue weighted by Crippen LogP contribution is -2.03. The average molecular weight is 305 g/mol. The van der Waals surface area contributed by atoms with E-state index in [1.54, 1.807) is 0 Å². The lowest BCUT2D eigenvalue weighted by molar-refractivity contribution is 0.0595. The lowest BCUT2D eigenvalue weighted by Gasteiger charge is -2.09. The third-order valence-electron chi connectivity index (χ3n) is 3.12. The number of aryl methyl sites for hydroxylation is 1. The van der Waals surface area contributed by atoms with Gasteiger partial charge in [0.25, 0.3) is 0 Å². The molecule has 1 aromatic heterocycles. The van der Waals surface area contributed by atoms with Gasteiger partial charge in [-0.25, -0.2) is 9.78 Å². The van der Waals surface area contributed by atoms with Crippen LogP contribution in [0.4, 0.5) is 0 Å². The molecule has 2 heterocycles. The van der Waals surface area contributed by atoms with Crippen LogP contribution in [-0.4, -0.2) is 31.3 Å². The number of ether oxygens (including phenoxy) is 3. The Bertz CT molecular complexity index is 680. The molecule has 6 heteroatoms. The van der Waals surface area contributed by atoms with Gasteiger partial charge >= 0.3 is 5.97 Å². The van der Waals surface area contributed by atoms with Gasteiger partial charge in [-0.05, 0) is 30.7 Å². The normalized spacial score (nSPS) is 13.6. The highest BCUT2D eigenvalue weighted by molar-refractivity contribution is 7.15. The van der Waals surface area contributed by atoms with Crippen LogP contribution in [0.5, 0.6) is 11.5 Å². The van der Waals surface area contributed by atoms with Crippen molar-refractivity contribution >= 4 is 17.3 Å². The van der Waals surface area contributed by atoms with Crippen LogP contribution in [0.15, 0.2) is 18.2 Å². The van der Waals surface area contributed by atoms with Crippen molar-refractivity contribution in [3.63, 3.8) is 0 Å². The number of carbonyl (C=O) groups is 1. The fourth-order valence-electron chi connectivity index (χ4n) is 2.16. The van der Waals surface area contributed by atoms with Gasteiger partial charge in [-0.15, -0.1) is 11.3 Å². The second-order valence-electron chi connectivity index (χ2n) is 4.61. The van der Waals surface area contributed by atoms with Crippen LogP contribution >= 0.6 is 11.3 Å². The van der Waals surface area contributed by atoms with Crippen molar-refractivity contribution in [2.45, 2.75) is 13.3 Å². The first kappa shape index (κ1) is 13.9. The van der Waals surface area contributed by atoms with E-state index in [2.05, 4.69) is 4.98 Å². The minimum atomic E-state index is -0.429. The number of hydrogen-bond acceptors (Lipinski definition) is 6. The molecule has 0 atom stereocenters. The van der Waals surface area contributed by atoms with Gasteiger partial charge in [-0.3, -0.25) is 0 Å². The molecule has 0 N–H and O–H groups in total. The largest absolute Gasteiger partial charge is 0.490 e. The Morgan fingerprint density at radius 3 is 2.81 bits per heavy atom. The molecule has 0 amide bonds. The molecule has 1 aromatic carbocycles. The number of esters is 1. The summed E-state index contributed by atoms with van der Waals surface area (Å²) in [4.78, 5) is 16.9. The summed E-state index contributed by atoms with van der Waals surface area (Å²) >= 11 is 1.46. The predicted molar refractivity (Wildman–Crippen MR) is 79.2 cm³/mol. The minimum Gasteiger partial charge on any atom is -0.490 e. The summed E-state index contributed by atoms with van der Waals surface area (Å²) in [5, 5.41) is 0.817. The summed E-state index contributed by atoms with van der Waals surface area (Å²) in [7, 11) is 1.36. The van der Waals surface area contributed by atoms with Crippen molar-refractivity contribution in [3.05, 3.63) is 28.9 Å². The molecule has 2 aromatic rings. The Kier molecular flexibility index (Phi) is 3.79. The number of fused-ring (bicyclic) bond motifs is 1. The van der Waals surface area contributed by atoms with E-state index < -0.39 is 5.97 Å². The number of hydrogen-bond donors (Lipinski definition) is 0. The van der Waals surface area contributed by atoms with E-state index in [1.165, 1.54) is 18.4 Å². The zero-order valence-electron chi connectivity index (χ0n) is 11.8. The minimum absolute atomic E-state index is 0.342. The number of carbonyl (C=O) groups excluding carboxylic acids is 1. The average Bonchev–Trinajstić information content (AvgIpc) is 2.74. The molecule has 0 saturated carbocycles. The van der Waals surface area contributed by atoms with Gasteiger partial charge in [0.05, 0.1) is 30.2 Å². The fourth-order valence-corrected chi connectivity index (χ4v) is 3.07. The van der Waals surface area contributed by atoms with Crippen LogP contribution in [-0.2, 0) is 4.74 Å². The van der Waals surface area contributed by atoms with Crippen molar-refractivity contribution in [1.82, 2.24) is 4.98 Å². The SMILES string of the molecule is COC(=O)c1nc(C)sc1-c1ccc2c(c1)OCCCO2. The quantitative estimate of drug-likeness (QED) is 0.798. The number of rotatable bonds is 2. The summed E-state index contributed by atoms with van der Waals surface area (Å²) < 4.78 is 16.1. The van der Waals surface area contributed by atoms with E-state index in [1.807, 2.05) is 25.1 Å². The molecule has 0 fully saturated rings. The van der Waals surface area contributed by atoms with Gasteiger partial charge in [0.2, 0.25) is 0 Å². The summed E-state index contributed by atoms with van der Waals surface area (Å²) in [6.07, 6.45) is 0.858. The van der Waals surface area contributed by atoms with Gasteiger partial charge in [0.15, 0.2) is 17.2 Å². The Morgan fingerprint density at radius 1 is 1.29 bits per heavy atom. The van der Waals surface area contributed by atoms with Crippen LogP contribution in [0.3, 0.4) is 0 Å². The van der Waals surface area contributed by atoms with E-state index in [4.69, 9.17) is 14.2 Å². The standard InChI is InChI=1S/C15H15NO4S/c1-9-16-13(15(17)18-2)14(21-9)10-4-5-11-12(8-10)20-7-3-6-19-11/h4-5,8H,3,6-7H2,1-2H3. The number of nitrogens with zero attached hydrogens (tertiary/aromatic N) is 1. The van der Waals surface area contributed by atoms with E-state index in [0.29, 0.717) is 24.7 Å². The molecule has 0 spiro atoms. The maximum Gasteiger partial charge on any atom is 0.358 e. The van der Waals surface area contributed by atoms with Crippen molar-refractivity contribution < 1.29 is 19.0 Å². The fraction of sp³-hybridized carbons (Fsp3) is 0.333. The zero-order valence-corrected chi connectivity index (χ0v) is 12.7. The molecule has 1 aliphatic rings. The maximum absolute atomic E-state index is 11.8. The Hall–Kier alpha value is -2.08. The molecule has 0 unspecified atom stereocenters. The van der Waals surface area contributed by atoms with Crippen LogP contribution < -0.4 is 9.47 Å². The van der Waals surface area contributed by atoms with Crippen LogP contribution in [0.2, 0.25) is 0 Å². The second kappa shape index (κ2) is 5.73. The number of benzene rings is 1. The van der Waals surface area contributed by atoms with Crippen LogP contribution in [0.1, 0.15) is 21.9 Å². The van der Waals surface area contributed by atoms with Crippen molar-refractivity contribution in [3.8, 4) is 21.9 Å². The van der Waals surface area contributed by atoms with Gasteiger partial charge in [-0.2, -0.15) is 0 Å². The molecule has 1 aliphatic heterocycles. The zero-order chi connectivity index (χ0) is 14.8. The lowest BCUT2D eigenvalue weighted by atomic mass is 10.1. The van der Waals surface area contributed by atoms with Crippen molar-refractivity contribution in [1.29, 1.82) is 0 Å². The Balaban J connectivity index is 2.05. The molecule has 0 aliphatic carbocycles. The van der Waals surface area contributed by atoms with Gasteiger partial charge in [0.1, 0.15) is 0 Å². The molecule has 0 saturated heterocycles. The summed E-state index contributed by atoms with van der Waals surface area (Å²) in [5.74, 6) is 1.01. The Morgan fingerprint density at radius 2 is 2.05 bits per heavy atom. The van der Waals surface area contributed by atoms with E-state index >= 15 is 0 Å². The monoisotopic (exact) mass is 305 g/mol. The smallest absolute Gasteiger partial charge is 0.358 e. The van der Waals surface area contributed by atoms with Gasteiger partial charge < -0.3 is 14.2 Å². The summed E-state index contributed by atoms with van der Waals surface area (Å²) in [6, 6.07) is 5.67. The third kappa shape index (κ3) is 2.71. The third-order valence-corrected chi connectivity index (χ3v) is 4.14. The van der Waals surface area contributed by atoms with Crippen molar-refractivity contribution in [2.75, 3.05) is 20.3 Å². The highest BCUT2D eigenvalue weighted by Crippen LogP contribution is 2.37. The highest BCUT2D eigenvalue weighted by Gasteiger charge is 2.20. The molecule has 21 heavy (non-hydrogen) atoms. The van der Waals surface area contributed by atoms with E-state index in [9.17, 15) is 4.79 Å². The summed E-state index contributed by atoms with van der Waals surface area (Å²) in [6.45, 7) is 3.14. The van der Waals surface area contributed by atoms with E-state index in [-0.39, 0.29) is 0 Å². The molecular weight excluding hydrogens is 290 g/mol. The van der Waals surface area contributed by atoms with Gasteiger partial charge in [-0.1, -0.05) is 0 Å². The topological polar surface area (TPSA) is 57.7 Å². The van der Waals surface area contributed by atoms with Crippen LogP contribution in [0, 0.1) is 6.92 Å². The molecule has 0 radical (unpaired) electrons. The molecule has 3 rings (SSSR count). The Labute approximate surface area is 126 Å². The molecule has 110 valence electrons.